The minimum Gasteiger partial charge on any atom is -0.281 e. The lowest BCUT2D eigenvalue weighted by atomic mass is 9.91. The number of hydrogen-bond acceptors (Lipinski definition) is 1. The quantitative estimate of drug-likeness (QED) is 0.702. The molecule has 0 amide bonds. The van der Waals surface area contributed by atoms with Crippen LogP contribution in [0.25, 0.3) is 0 Å². The van der Waals surface area contributed by atoms with Crippen LogP contribution in [-0.4, -0.2) is 4.90 Å². The molecule has 1 aliphatic rings. The van der Waals surface area contributed by atoms with Gasteiger partial charge in [0.25, 0.3) is 0 Å². The van der Waals surface area contributed by atoms with Gasteiger partial charge in [0, 0.05) is 22.1 Å². The van der Waals surface area contributed by atoms with Crippen LogP contribution < -0.4 is 0 Å². The van der Waals surface area contributed by atoms with E-state index in [0.29, 0.717) is 0 Å². The van der Waals surface area contributed by atoms with Gasteiger partial charge in [-0.05, 0) is 56.5 Å². The van der Waals surface area contributed by atoms with Crippen molar-refractivity contribution in [1.82, 2.24) is 4.90 Å². The predicted molar refractivity (Wildman–Crippen MR) is 92.2 cm³/mol. The molecule has 0 aliphatic carbocycles. The smallest absolute Gasteiger partial charge is 0.0420 e. The lowest BCUT2D eigenvalue weighted by Crippen LogP contribution is -2.44. The van der Waals surface area contributed by atoms with Crippen molar-refractivity contribution >= 4 is 15.9 Å². The Morgan fingerprint density at radius 1 is 0.857 bits per heavy atom. The van der Waals surface area contributed by atoms with Crippen molar-refractivity contribution in [3.63, 3.8) is 0 Å². The first-order valence-electron chi connectivity index (χ1n) is 7.45. The molecule has 3 rings (SSSR count). The number of benzene rings is 2. The molecule has 21 heavy (non-hydrogen) atoms. The Labute approximate surface area is 136 Å². The summed E-state index contributed by atoms with van der Waals surface area (Å²) in [6, 6.07) is 17.5. The summed E-state index contributed by atoms with van der Waals surface area (Å²) in [6.07, 6.45) is 0. The highest BCUT2D eigenvalue weighted by Crippen LogP contribution is 2.50. The molecule has 2 heteroatoms. The van der Waals surface area contributed by atoms with E-state index in [-0.39, 0.29) is 11.1 Å². The third-order valence-electron chi connectivity index (χ3n) is 4.83. The summed E-state index contributed by atoms with van der Waals surface area (Å²) in [5, 5.41) is 0. The molecule has 2 aromatic rings. The molecule has 0 aromatic heterocycles. The monoisotopic (exact) mass is 343 g/mol. The minimum absolute atomic E-state index is 0.0262. The molecule has 0 bridgehead atoms. The molecule has 1 heterocycles. The second-order valence-corrected chi connectivity index (χ2v) is 7.80. The number of rotatable bonds is 2. The SMILES string of the molecule is CC1(C)c2ccc(Br)cc2C(C)(C)N1Cc1ccccc1. The van der Waals surface area contributed by atoms with Crippen LogP contribution in [0.4, 0.5) is 0 Å². The van der Waals surface area contributed by atoms with Crippen molar-refractivity contribution in [2.75, 3.05) is 0 Å². The Morgan fingerprint density at radius 3 is 2.14 bits per heavy atom. The molecule has 1 aliphatic heterocycles. The van der Waals surface area contributed by atoms with E-state index < -0.39 is 0 Å². The summed E-state index contributed by atoms with van der Waals surface area (Å²) < 4.78 is 1.16. The van der Waals surface area contributed by atoms with Crippen LogP contribution in [0.3, 0.4) is 0 Å². The van der Waals surface area contributed by atoms with Gasteiger partial charge in [-0.2, -0.15) is 0 Å². The van der Waals surface area contributed by atoms with Gasteiger partial charge in [-0.15, -0.1) is 0 Å². The topological polar surface area (TPSA) is 3.24 Å². The van der Waals surface area contributed by atoms with Gasteiger partial charge < -0.3 is 0 Å². The number of fused-ring (bicyclic) bond motifs is 1. The molecule has 0 radical (unpaired) electrons. The van der Waals surface area contributed by atoms with Crippen LogP contribution in [0.5, 0.6) is 0 Å². The molecule has 1 nitrogen and oxygen atoms in total. The summed E-state index contributed by atoms with van der Waals surface area (Å²) in [4.78, 5) is 2.60. The number of hydrogen-bond donors (Lipinski definition) is 0. The Bertz CT molecular complexity index is 659. The summed E-state index contributed by atoms with van der Waals surface area (Å²) in [5.74, 6) is 0. The van der Waals surface area contributed by atoms with Crippen LogP contribution in [0.15, 0.2) is 53.0 Å². The summed E-state index contributed by atoms with van der Waals surface area (Å²) in [7, 11) is 0. The fraction of sp³-hybridized carbons (Fsp3) is 0.368. The van der Waals surface area contributed by atoms with E-state index in [1.807, 2.05) is 0 Å². The molecular formula is C19H22BrN. The van der Waals surface area contributed by atoms with Gasteiger partial charge in [0.1, 0.15) is 0 Å². The highest BCUT2D eigenvalue weighted by atomic mass is 79.9. The zero-order valence-electron chi connectivity index (χ0n) is 13.2. The average molecular weight is 344 g/mol. The van der Waals surface area contributed by atoms with Crippen LogP contribution in [-0.2, 0) is 17.6 Å². The average Bonchev–Trinajstić information content (AvgIpc) is 2.58. The van der Waals surface area contributed by atoms with E-state index in [1.165, 1.54) is 16.7 Å². The van der Waals surface area contributed by atoms with Gasteiger partial charge in [-0.25, -0.2) is 0 Å². The molecule has 0 spiro atoms. The van der Waals surface area contributed by atoms with Gasteiger partial charge in [0.15, 0.2) is 0 Å². The first kappa shape index (κ1) is 14.8. The lowest BCUT2D eigenvalue weighted by molar-refractivity contribution is 0.0312. The first-order valence-corrected chi connectivity index (χ1v) is 8.25. The van der Waals surface area contributed by atoms with E-state index in [4.69, 9.17) is 0 Å². The Hall–Kier alpha value is -1.12. The third kappa shape index (κ3) is 2.35. The second kappa shape index (κ2) is 4.96. The highest BCUT2D eigenvalue weighted by molar-refractivity contribution is 9.10. The molecule has 0 N–H and O–H groups in total. The van der Waals surface area contributed by atoms with Crippen LogP contribution in [0.1, 0.15) is 44.4 Å². The third-order valence-corrected chi connectivity index (χ3v) is 5.33. The number of halogens is 1. The maximum Gasteiger partial charge on any atom is 0.0420 e. The molecule has 2 aromatic carbocycles. The highest BCUT2D eigenvalue weighted by Gasteiger charge is 2.48. The fourth-order valence-electron chi connectivity index (χ4n) is 3.71. The maximum absolute atomic E-state index is 3.62. The van der Waals surface area contributed by atoms with Crippen molar-refractivity contribution in [1.29, 1.82) is 0 Å². The fourth-order valence-corrected chi connectivity index (χ4v) is 4.07. The molecule has 0 saturated carbocycles. The van der Waals surface area contributed by atoms with Crippen LogP contribution in [0, 0.1) is 0 Å². The van der Waals surface area contributed by atoms with Gasteiger partial charge in [-0.3, -0.25) is 4.90 Å². The van der Waals surface area contributed by atoms with Crippen molar-refractivity contribution in [3.8, 4) is 0 Å². The molecule has 0 unspecified atom stereocenters. The Balaban J connectivity index is 2.06. The normalized spacial score (nSPS) is 19.5. The van der Waals surface area contributed by atoms with E-state index >= 15 is 0 Å². The molecule has 0 fully saturated rings. The standard InChI is InChI=1S/C19H22BrN/c1-18(2)16-11-10-15(20)12-17(16)19(3,4)21(18)13-14-8-6-5-7-9-14/h5-12H,13H2,1-4H3. The number of nitrogens with zero attached hydrogens (tertiary/aromatic N) is 1. The first-order chi connectivity index (χ1) is 9.83. The van der Waals surface area contributed by atoms with E-state index in [0.717, 1.165) is 11.0 Å². The Morgan fingerprint density at radius 2 is 1.48 bits per heavy atom. The molecule has 0 saturated heterocycles. The summed E-state index contributed by atoms with van der Waals surface area (Å²) in [5.41, 5.74) is 4.29. The van der Waals surface area contributed by atoms with Crippen molar-refractivity contribution in [3.05, 3.63) is 69.7 Å². The predicted octanol–water partition coefficient (Wildman–Crippen LogP) is 5.44. The second-order valence-electron chi connectivity index (χ2n) is 6.88. The van der Waals surface area contributed by atoms with Crippen LogP contribution >= 0.6 is 15.9 Å². The van der Waals surface area contributed by atoms with Crippen molar-refractivity contribution in [2.24, 2.45) is 0 Å². The lowest BCUT2D eigenvalue weighted by Gasteiger charge is -2.41. The van der Waals surface area contributed by atoms with E-state index in [1.54, 1.807) is 0 Å². The molecule has 0 atom stereocenters. The van der Waals surface area contributed by atoms with Crippen LogP contribution in [0.2, 0.25) is 0 Å². The summed E-state index contributed by atoms with van der Waals surface area (Å²) >= 11 is 3.62. The van der Waals surface area contributed by atoms with Gasteiger partial charge in [0.05, 0.1) is 0 Å². The zero-order chi connectivity index (χ0) is 15.3. The Kier molecular flexibility index (Phi) is 3.50. The van der Waals surface area contributed by atoms with E-state index in [2.05, 4.69) is 97.1 Å². The van der Waals surface area contributed by atoms with E-state index in [9.17, 15) is 0 Å². The van der Waals surface area contributed by atoms with Crippen molar-refractivity contribution < 1.29 is 0 Å². The van der Waals surface area contributed by atoms with Gasteiger partial charge in [0.2, 0.25) is 0 Å². The molecular weight excluding hydrogens is 322 g/mol. The van der Waals surface area contributed by atoms with Gasteiger partial charge >= 0.3 is 0 Å². The maximum atomic E-state index is 3.62. The largest absolute Gasteiger partial charge is 0.281 e. The van der Waals surface area contributed by atoms with Crippen molar-refractivity contribution in [2.45, 2.75) is 45.3 Å². The molecule has 110 valence electrons. The zero-order valence-corrected chi connectivity index (χ0v) is 14.7. The minimum atomic E-state index is 0.0262. The summed E-state index contributed by atoms with van der Waals surface area (Å²) in [6.45, 7) is 10.3. The van der Waals surface area contributed by atoms with Gasteiger partial charge in [-0.1, -0.05) is 52.3 Å².